The normalized spacial score (nSPS) is 9.44. The highest BCUT2D eigenvalue weighted by molar-refractivity contribution is 6.41. The van der Waals surface area contributed by atoms with Crippen LogP contribution in [0.3, 0.4) is 0 Å². The van der Waals surface area contributed by atoms with Crippen LogP contribution in [-0.2, 0) is 33.4 Å². The number of hydrogen-bond acceptors (Lipinski definition) is 7. The van der Waals surface area contributed by atoms with Crippen LogP contribution in [0.25, 0.3) is 0 Å². The summed E-state index contributed by atoms with van der Waals surface area (Å²) < 4.78 is 8.76. The molecule has 0 saturated carbocycles. The molecule has 0 saturated heterocycles. The Morgan fingerprint density at radius 3 is 1.33 bits per heavy atom. The fourth-order valence-corrected chi connectivity index (χ4v) is 0.988. The molecule has 7 nitrogen and oxygen atoms in total. The van der Waals surface area contributed by atoms with Crippen LogP contribution in [0.5, 0.6) is 0 Å². The van der Waals surface area contributed by atoms with Gasteiger partial charge in [0.15, 0.2) is 0 Å². The van der Waals surface area contributed by atoms with Crippen LogP contribution < -0.4 is 0 Å². The van der Waals surface area contributed by atoms with Gasteiger partial charge in [-0.1, -0.05) is 0 Å². The van der Waals surface area contributed by atoms with Crippen LogP contribution in [-0.4, -0.2) is 42.5 Å². The first kappa shape index (κ1) is 16.0. The minimum absolute atomic E-state index is 0.0144. The minimum Gasteiger partial charge on any atom is -0.460 e. The molecule has 0 N–H and O–H groups in total. The van der Waals surface area contributed by atoms with Crippen molar-refractivity contribution in [2.24, 2.45) is 0 Å². The topological polar surface area (TPSA) is 104 Å². The predicted molar refractivity (Wildman–Crippen MR) is 57.5 cm³/mol. The van der Waals surface area contributed by atoms with Gasteiger partial charge in [-0.05, 0) is 13.8 Å². The van der Waals surface area contributed by atoms with Gasteiger partial charge in [0.05, 0.1) is 26.1 Å². The van der Waals surface area contributed by atoms with Gasteiger partial charge in [0, 0.05) is 0 Å². The van der Waals surface area contributed by atoms with Gasteiger partial charge >= 0.3 is 11.9 Å². The van der Waals surface area contributed by atoms with Gasteiger partial charge in [-0.15, -0.1) is 0 Å². The third-order valence-corrected chi connectivity index (χ3v) is 1.72. The first-order valence-corrected chi connectivity index (χ1v) is 5.33. The van der Waals surface area contributed by atoms with E-state index in [0.29, 0.717) is 0 Å². The van der Waals surface area contributed by atoms with Gasteiger partial charge in [0.2, 0.25) is 11.6 Å². The molecule has 0 aromatic carbocycles. The second-order valence-electron chi connectivity index (χ2n) is 3.18. The van der Waals surface area contributed by atoms with Crippen LogP contribution in [0.4, 0.5) is 0 Å². The molecule has 0 rings (SSSR count). The summed E-state index contributed by atoms with van der Waals surface area (Å²) in [5, 5.41) is 0. The summed E-state index contributed by atoms with van der Waals surface area (Å²) >= 11 is 0. The van der Waals surface area contributed by atoms with E-state index in [0.717, 1.165) is 0 Å². The second-order valence-corrected chi connectivity index (χ2v) is 3.18. The van der Waals surface area contributed by atoms with Crippen molar-refractivity contribution < 1.29 is 33.4 Å². The van der Waals surface area contributed by atoms with E-state index >= 15 is 0 Å². The van der Waals surface area contributed by atoms with Crippen LogP contribution in [0.2, 0.25) is 0 Å². The Bertz CT molecular complexity index is 336. The first-order chi connectivity index (χ1) is 8.42. The number of Topliss-reactive ketones (excluding diaryl/α,β-unsaturated/α-hetero) is 3. The number of rotatable bonds is 8. The minimum atomic E-state index is -1.13. The highest BCUT2D eigenvalue weighted by Gasteiger charge is 2.23. The van der Waals surface area contributed by atoms with E-state index in [-0.39, 0.29) is 13.2 Å². The molecule has 0 aromatic heterocycles. The van der Waals surface area contributed by atoms with Crippen molar-refractivity contribution in [2.75, 3.05) is 13.2 Å². The van der Waals surface area contributed by atoms with Gasteiger partial charge in [-0.3, -0.25) is 14.4 Å². The van der Waals surface area contributed by atoms with Gasteiger partial charge in [0.1, 0.15) is 5.78 Å². The van der Waals surface area contributed by atoms with Crippen LogP contribution in [0, 0.1) is 0 Å². The predicted octanol–water partition coefficient (Wildman–Crippen LogP) is -0.400. The molecule has 0 amide bonds. The van der Waals surface area contributed by atoms with E-state index in [1.807, 2.05) is 0 Å². The quantitative estimate of drug-likeness (QED) is 0.331. The number of ether oxygens (including phenoxy) is 2. The van der Waals surface area contributed by atoms with E-state index in [1.54, 1.807) is 0 Å². The van der Waals surface area contributed by atoms with E-state index in [9.17, 15) is 24.0 Å². The highest BCUT2D eigenvalue weighted by atomic mass is 16.5. The summed E-state index contributed by atoms with van der Waals surface area (Å²) in [5.74, 6) is -5.17. The lowest BCUT2D eigenvalue weighted by atomic mass is 10.1. The van der Waals surface area contributed by atoms with Crippen molar-refractivity contribution in [2.45, 2.75) is 26.7 Å². The molecule has 0 bridgehead atoms. The van der Waals surface area contributed by atoms with Crippen molar-refractivity contribution in [3.05, 3.63) is 0 Å². The maximum atomic E-state index is 11.2. The molecule has 18 heavy (non-hydrogen) atoms. The molecule has 0 aromatic rings. The van der Waals surface area contributed by atoms with Crippen LogP contribution >= 0.6 is 0 Å². The molecule has 0 aliphatic rings. The maximum Gasteiger partial charge on any atom is 0.375 e. The Morgan fingerprint density at radius 1 is 0.722 bits per heavy atom. The zero-order valence-corrected chi connectivity index (χ0v) is 10.2. The molecule has 7 heteroatoms. The second kappa shape index (κ2) is 8.10. The number of carbonyl (C=O) groups is 5. The van der Waals surface area contributed by atoms with Crippen molar-refractivity contribution >= 4 is 29.3 Å². The molecular weight excluding hydrogens is 244 g/mol. The van der Waals surface area contributed by atoms with E-state index in [4.69, 9.17) is 0 Å². The van der Waals surface area contributed by atoms with E-state index in [1.165, 1.54) is 13.8 Å². The summed E-state index contributed by atoms with van der Waals surface area (Å²) in [6.07, 6.45) is -1.52. The number of esters is 2. The molecule has 0 aliphatic carbocycles. The molecule has 0 radical (unpaired) electrons. The summed E-state index contributed by atoms with van der Waals surface area (Å²) in [6.45, 7) is 3.05. The van der Waals surface area contributed by atoms with Gasteiger partial charge in [-0.2, -0.15) is 0 Å². The number of hydrogen-bond donors (Lipinski definition) is 0. The number of ketones is 3. The van der Waals surface area contributed by atoms with Gasteiger partial charge in [-0.25, -0.2) is 9.59 Å². The smallest absolute Gasteiger partial charge is 0.375 e. The summed E-state index contributed by atoms with van der Waals surface area (Å²) in [6, 6.07) is 0. The van der Waals surface area contributed by atoms with Crippen molar-refractivity contribution in [3.63, 3.8) is 0 Å². The van der Waals surface area contributed by atoms with E-state index in [2.05, 4.69) is 9.47 Å². The zero-order chi connectivity index (χ0) is 14.1. The average Bonchev–Trinajstić information content (AvgIpc) is 2.29. The highest BCUT2D eigenvalue weighted by Crippen LogP contribution is 1.97. The van der Waals surface area contributed by atoms with Crippen molar-refractivity contribution in [1.29, 1.82) is 0 Å². The average molecular weight is 258 g/mol. The van der Waals surface area contributed by atoms with Crippen molar-refractivity contribution in [1.82, 2.24) is 0 Å². The first-order valence-electron chi connectivity index (χ1n) is 5.33. The van der Waals surface area contributed by atoms with Gasteiger partial charge in [0.25, 0.3) is 0 Å². The molecule has 0 atom stereocenters. The van der Waals surface area contributed by atoms with Crippen LogP contribution in [0.15, 0.2) is 0 Å². The Hall–Kier alpha value is -2.05. The molecule has 0 aliphatic heterocycles. The van der Waals surface area contributed by atoms with Crippen LogP contribution in [0.1, 0.15) is 26.7 Å². The Labute approximate surface area is 103 Å². The molecule has 0 spiro atoms. The van der Waals surface area contributed by atoms with Gasteiger partial charge < -0.3 is 9.47 Å². The zero-order valence-electron chi connectivity index (χ0n) is 10.2. The largest absolute Gasteiger partial charge is 0.460 e. The monoisotopic (exact) mass is 258 g/mol. The summed E-state index contributed by atoms with van der Waals surface area (Å²) in [7, 11) is 0. The third-order valence-electron chi connectivity index (χ3n) is 1.72. The molecule has 0 unspecified atom stereocenters. The fraction of sp³-hybridized carbons (Fsp3) is 0.545. The lowest BCUT2D eigenvalue weighted by molar-refractivity contribution is -0.156. The Kier molecular flexibility index (Phi) is 7.18. The molecular formula is C11H14O7. The molecule has 100 valence electrons. The standard InChI is InChI=1S/C11H14O7/c1-3-17-10(15)8(13)5-7(12)6-9(14)11(16)18-4-2/h3-6H2,1-2H3. The number of carbonyl (C=O) groups excluding carboxylic acids is 5. The lowest BCUT2D eigenvalue weighted by Gasteiger charge is -2.01. The molecule has 0 heterocycles. The maximum absolute atomic E-state index is 11.2. The summed E-state index contributed by atoms with van der Waals surface area (Å²) in [5.41, 5.74) is 0. The Balaban J connectivity index is 4.19. The lowest BCUT2D eigenvalue weighted by Crippen LogP contribution is -2.24. The summed E-state index contributed by atoms with van der Waals surface area (Å²) in [4.78, 5) is 55.2. The SMILES string of the molecule is CCOC(=O)C(=O)CC(=O)CC(=O)C(=O)OCC. The van der Waals surface area contributed by atoms with E-state index < -0.39 is 42.1 Å². The van der Waals surface area contributed by atoms with Crippen molar-refractivity contribution in [3.8, 4) is 0 Å². The molecule has 0 fully saturated rings. The Morgan fingerprint density at radius 2 is 1.06 bits per heavy atom. The third kappa shape index (κ3) is 5.88. The fourth-order valence-electron chi connectivity index (χ4n) is 0.988.